The summed E-state index contributed by atoms with van der Waals surface area (Å²) in [7, 11) is 0. The zero-order valence-corrected chi connectivity index (χ0v) is 31.2. The first kappa shape index (κ1) is 38.4. The van der Waals surface area contributed by atoms with Gasteiger partial charge in [-0.3, -0.25) is 0 Å². The quantitative estimate of drug-likeness (QED) is 0.194. The van der Waals surface area contributed by atoms with E-state index in [4.69, 9.17) is 28.4 Å². The number of hydrogen-bond acceptors (Lipinski definition) is 13. The van der Waals surface area contributed by atoms with Crippen LogP contribution in [0.2, 0.25) is 0 Å². The van der Waals surface area contributed by atoms with Crippen LogP contribution in [0.15, 0.2) is 0 Å². The van der Waals surface area contributed by atoms with Crippen LogP contribution in [-0.2, 0) is 28.4 Å². The van der Waals surface area contributed by atoms with Crippen LogP contribution in [0.5, 0.6) is 0 Å². The van der Waals surface area contributed by atoms with Crippen molar-refractivity contribution in [2.24, 2.45) is 52.3 Å². The van der Waals surface area contributed by atoms with Crippen molar-refractivity contribution in [3.05, 3.63) is 0 Å². The molecule has 0 radical (unpaired) electrons. The number of ether oxygens (including phenoxy) is 6. The third kappa shape index (κ3) is 5.98. The van der Waals surface area contributed by atoms with Crippen molar-refractivity contribution in [3.8, 4) is 0 Å². The first-order valence-electron chi connectivity index (χ1n) is 20.3. The van der Waals surface area contributed by atoms with Gasteiger partial charge >= 0.3 is 0 Å². The van der Waals surface area contributed by atoms with Gasteiger partial charge in [0.2, 0.25) is 0 Å². The van der Waals surface area contributed by atoms with Crippen molar-refractivity contribution in [2.45, 2.75) is 171 Å². The second-order valence-electron chi connectivity index (χ2n) is 18.7. The summed E-state index contributed by atoms with van der Waals surface area (Å²) in [5.74, 6) is 3.63. The fraction of sp³-hybridized carbons (Fsp3) is 1.00. The van der Waals surface area contributed by atoms with Gasteiger partial charge in [0.25, 0.3) is 0 Å². The topological polar surface area (TPSA) is 197 Å². The summed E-state index contributed by atoms with van der Waals surface area (Å²) in [6.07, 6.45) is -3.66. The van der Waals surface area contributed by atoms with Crippen LogP contribution < -0.4 is 0 Å². The number of fused-ring (bicyclic) bond motifs is 7. The minimum Gasteiger partial charge on any atom is -0.394 e. The van der Waals surface area contributed by atoms with Crippen LogP contribution in [0.1, 0.15) is 91.9 Å². The standard InChI is InChI=1S/C39H64O13/c1-18-7-12-39(47-17-18)19(2)28-25(52-39)14-24-22-6-5-20-13-21(8-10-37(20,3)23(22)9-11-38(24,28)4)48-35-33(46)31(44)34(27(16-41)50-35)51-36-32(45)30(43)29(42)26(15-40)49-36/h18-36,40-46H,5-17H2,1-4H3/t18-,19+,20+,21+,22?,23?,24?,25+,26-,27-,28+,29-,30+,31-,32-,33-,34-,35-,36-,37+,38+,39-/m1/s1. The van der Waals surface area contributed by atoms with E-state index in [1.807, 2.05) is 0 Å². The first-order valence-corrected chi connectivity index (χ1v) is 20.3. The molecule has 13 nitrogen and oxygen atoms in total. The molecule has 0 aromatic carbocycles. The second-order valence-corrected chi connectivity index (χ2v) is 18.7. The van der Waals surface area contributed by atoms with Crippen LogP contribution in [0.3, 0.4) is 0 Å². The van der Waals surface area contributed by atoms with Crippen molar-refractivity contribution in [1.82, 2.24) is 0 Å². The molecule has 0 aromatic rings. The molecule has 8 aliphatic rings. The highest BCUT2D eigenvalue weighted by Crippen LogP contribution is 2.71. The SMILES string of the molecule is C[C@@H]1CC[C@@]2(OC1)O[C@H]1CC3C4CC[C@H]5C[C@@H](O[C@@H]6O[C@H](CO)[C@@H](O[C@H]7O[C@H](CO)[C@@H](O)[C@H](O)[C@H]7O)[C@H](O)[C@H]6O)CC[C@]5(C)C4CC[C@]3(C)[C@H]1[C@@H]2C. The molecule has 7 N–H and O–H groups in total. The van der Waals surface area contributed by atoms with Crippen molar-refractivity contribution < 1.29 is 64.2 Å². The third-order valence-electron chi connectivity index (χ3n) is 16.2. The smallest absolute Gasteiger partial charge is 0.187 e. The molecule has 298 valence electrons. The maximum Gasteiger partial charge on any atom is 0.187 e. The fourth-order valence-corrected chi connectivity index (χ4v) is 13.2. The van der Waals surface area contributed by atoms with E-state index >= 15 is 0 Å². The Kier molecular flexibility index (Phi) is 10.4. The first-order chi connectivity index (χ1) is 24.7. The molecule has 13 heteroatoms. The van der Waals surface area contributed by atoms with E-state index in [2.05, 4.69) is 27.7 Å². The minimum absolute atomic E-state index is 0.188. The summed E-state index contributed by atoms with van der Waals surface area (Å²) in [4.78, 5) is 0. The second kappa shape index (κ2) is 14.1. The van der Waals surface area contributed by atoms with Crippen LogP contribution in [0, 0.1) is 52.3 Å². The Hall–Kier alpha value is -0.520. The van der Waals surface area contributed by atoms with Crippen LogP contribution in [-0.4, -0.2) is 135 Å². The third-order valence-corrected chi connectivity index (χ3v) is 16.2. The molecule has 4 heterocycles. The van der Waals surface area contributed by atoms with Gasteiger partial charge < -0.3 is 64.2 Å². The van der Waals surface area contributed by atoms with E-state index in [1.54, 1.807) is 0 Å². The molecule has 4 aliphatic heterocycles. The zero-order chi connectivity index (χ0) is 36.9. The lowest BCUT2D eigenvalue weighted by Crippen LogP contribution is -2.65. The van der Waals surface area contributed by atoms with Crippen LogP contribution >= 0.6 is 0 Å². The lowest BCUT2D eigenvalue weighted by molar-refractivity contribution is -0.364. The van der Waals surface area contributed by atoms with E-state index in [-0.39, 0.29) is 23.0 Å². The predicted octanol–water partition coefficient (Wildman–Crippen LogP) is 1.44. The highest BCUT2D eigenvalue weighted by molar-refractivity contribution is 5.15. The maximum atomic E-state index is 11.2. The molecule has 8 rings (SSSR count). The zero-order valence-electron chi connectivity index (χ0n) is 31.2. The fourth-order valence-electron chi connectivity index (χ4n) is 13.2. The van der Waals surface area contributed by atoms with Gasteiger partial charge in [0.15, 0.2) is 18.4 Å². The van der Waals surface area contributed by atoms with Gasteiger partial charge in [-0.2, -0.15) is 0 Å². The van der Waals surface area contributed by atoms with E-state index in [0.717, 1.165) is 45.1 Å². The Labute approximate surface area is 307 Å². The summed E-state index contributed by atoms with van der Waals surface area (Å²) in [5.41, 5.74) is 0.468. The van der Waals surface area contributed by atoms with Crippen molar-refractivity contribution in [1.29, 1.82) is 0 Å². The Bertz CT molecular complexity index is 1260. The van der Waals surface area contributed by atoms with Crippen LogP contribution in [0.25, 0.3) is 0 Å². The normalized spacial score (nSPS) is 59.0. The van der Waals surface area contributed by atoms with Crippen LogP contribution in [0.4, 0.5) is 0 Å². The lowest BCUT2D eigenvalue weighted by Gasteiger charge is -2.61. The molecule has 4 saturated heterocycles. The molecule has 1 spiro atoms. The van der Waals surface area contributed by atoms with Gasteiger partial charge in [0.1, 0.15) is 48.8 Å². The van der Waals surface area contributed by atoms with Gasteiger partial charge in [-0.25, -0.2) is 0 Å². The van der Waals surface area contributed by atoms with E-state index < -0.39 is 80.4 Å². The number of aliphatic hydroxyl groups excluding tert-OH is 7. The Morgan fingerprint density at radius 2 is 1.37 bits per heavy atom. The molecule has 8 fully saturated rings. The summed E-state index contributed by atoms with van der Waals surface area (Å²) >= 11 is 0. The molecule has 4 aliphatic carbocycles. The van der Waals surface area contributed by atoms with E-state index in [1.165, 1.54) is 25.7 Å². The molecule has 22 atom stereocenters. The molecule has 52 heavy (non-hydrogen) atoms. The largest absolute Gasteiger partial charge is 0.394 e. The monoisotopic (exact) mass is 740 g/mol. The van der Waals surface area contributed by atoms with E-state index in [9.17, 15) is 35.7 Å². The van der Waals surface area contributed by atoms with Gasteiger partial charge in [-0.05, 0) is 104 Å². The average molecular weight is 741 g/mol. The van der Waals surface area contributed by atoms with E-state index in [0.29, 0.717) is 41.4 Å². The van der Waals surface area contributed by atoms with Crippen molar-refractivity contribution in [3.63, 3.8) is 0 Å². The Balaban J connectivity index is 0.892. The average Bonchev–Trinajstić information content (AvgIpc) is 3.58. The molecule has 0 bridgehead atoms. The molecule has 4 saturated carbocycles. The summed E-state index contributed by atoms with van der Waals surface area (Å²) in [5, 5.41) is 72.8. The molecule has 0 amide bonds. The van der Waals surface area contributed by atoms with Gasteiger partial charge in [0, 0.05) is 12.3 Å². The summed E-state index contributed by atoms with van der Waals surface area (Å²) in [6, 6.07) is 0. The van der Waals surface area contributed by atoms with Crippen molar-refractivity contribution in [2.75, 3.05) is 19.8 Å². The van der Waals surface area contributed by atoms with Gasteiger partial charge in [0.05, 0.1) is 32.0 Å². The molecule has 0 aromatic heterocycles. The van der Waals surface area contributed by atoms with Gasteiger partial charge in [-0.1, -0.05) is 27.7 Å². The lowest BCUT2D eigenvalue weighted by atomic mass is 9.44. The Morgan fingerprint density at radius 3 is 2.08 bits per heavy atom. The number of rotatable bonds is 6. The van der Waals surface area contributed by atoms with Gasteiger partial charge in [-0.15, -0.1) is 0 Å². The molecular weight excluding hydrogens is 676 g/mol. The molecular formula is C39H64O13. The minimum atomic E-state index is -1.71. The highest BCUT2D eigenvalue weighted by Gasteiger charge is 2.69. The van der Waals surface area contributed by atoms with Crippen molar-refractivity contribution >= 4 is 0 Å². The Morgan fingerprint density at radius 1 is 0.673 bits per heavy atom. The molecule has 3 unspecified atom stereocenters. The summed E-state index contributed by atoms with van der Waals surface area (Å²) in [6.45, 7) is 9.33. The predicted molar refractivity (Wildman–Crippen MR) is 183 cm³/mol. The summed E-state index contributed by atoms with van der Waals surface area (Å²) < 4.78 is 37.0. The maximum absolute atomic E-state index is 11.2. The number of aliphatic hydroxyl groups is 7. The highest BCUT2D eigenvalue weighted by atomic mass is 16.7. The number of hydrogen-bond donors (Lipinski definition) is 7.